The number of amides is 1. The van der Waals surface area contributed by atoms with Gasteiger partial charge in [-0.25, -0.2) is 0 Å². The first-order valence-corrected chi connectivity index (χ1v) is 5.77. The van der Waals surface area contributed by atoms with E-state index < -0.39 is 0 Å². The SMILES string of the molecule is O=C(CBr)NCC1CCCCC1. The standard InChI is InChI=1S/C9H16BrNO/c10-6-9(12)11-7-8-4-2-1-3-5-8/h8H,1-7H2,(H,11,12). The van der Waals surface area contributed by atoms with Crippen molar-refractivity contribution in [2.75, 3.05) is 11.9 Å². The van der Waals surface area contributed by atoms with Gasteiger partial charge in [0.2, 0.25) is 5.91 Å². The van der Waals surface area contributed by atoms with Crippen LogP contribution in [-0.4, -0.2) is 17.8 Å². The summed E-state index contributed by atoms with van der Waals surface area (Å²) in [7, 11) is 0. The molecule has 1 saturated carbocycles. The van der Waals surface area contributed by atoms with E-state index in [0.29, 0.717) is 5.33 Å². The summed E-state index contributed by atoms with van der Waals surface area (Å²) in [6.45, 7) is 0.879. The number of carbonyl (C=O) groups is 1. The van der Waals surface area contributed by atoms with E-state index in [2.05, 4.69) is 21.2 Å². The van der Waals surface area contributed by atoms with Gasteiger partial charge in [-0.1, -0.05) is 35.2 Å². The van der Waals surface area contributed by atoms with Gasteiger partial charge in [0.15, 0.2) is 0 Å². The van der Waals surface area contributed by atoms with Crippen molar-refractivity contribution in [3.63, 3.8) is 0 Å². The minimum atomic E-state index is 0.112. The first-order valence-electron chi connectivity index (χ1n) is 4.65. The Hall–Kier alpha value is -0.0500. The molecular weight excluding hydrogens is 218 g/mol. The summed E-state index contributed by atoms with van der Waals surface area (Å²) in [6.07, 6.45) is 6.65. The van der Waals surface area contributed by atoms with Crippen LogP contribution in [0.4, 0.5) is 0 Å². The normalized spacial score (nSPS) is 19.1. The van der Waals surface area contributed by atoms with Crippen LogP contribution in [0.15, 0.2) is 0 Å². The maximum atomic E-state index is 10.9. The molecule has 12 heavy (non-hydrogen) atoms. The van der Waals surface area contributed by atoms with Crippen molar-refractivity contribution in [2.24, 2.45) is 5.92 Å². The van der Waals surface area contributed by atoms with Crippen LogP contribution in [-0.2, 0) is 4.79 Å². The number of hydrogen-bond acceptors (Lipinski definition) is 1. The lowest BCUT2D eigenvalue weighted by atomic mass is 9.89. The molecule has 0 aromatic carbocycles. The molecule has 0 spiro atoms. The van der Waals surface area contributed by atoms with Gasteiger partial charge in [-0.3, -0.25) is 4.79 Å². The lowest BCUT2D eigenvalue weighted by Gasteiger charge is -2.21. The molecule has 0 bridgehead atoms. The predicted molar refractivity (Wildman–Crippen MR) is 53.4 cm³/mol. The molecule has 0 saturated heterocycles. The summed E-state index contributed by atoms with van der Waals surface area (Å²) in [4.78, 5) is 10.9. The van der Waals surface area contributed by atoms with Crippen molar-refractivity contribution >= 4 is 21.8 Å². The largest absolute Gasteiger partial charge is 0.355 e. The van der Waals surface area contributed by atoms with Crippen LogP contribution in [0.5, 0.6) is 0 Å². The van der Waals surface area contributed by atoms with Crippen LogP contribution >= 0.6 is 15.9 Å². The molecule has 0 atom stereocenters. The molecule has 70 valence electrons. The smallest absolute Gasteiger partial charge is 0.230 e. The number of alkyl halides is 1. The van der Waals surface area contributed by atoms with Crippen LogP contribution in [0.2, 0.25) is 0 Å². The van der Waals surface area contributed by atoms with Crippen molar-refractivity contribution < 1.29 is 4.79 Å². The Morgan fingerprint density at radius 3 is 2.58 bits per heavy atom. The fourth-order valence-corrected chi connectivity index (χ4v) is 1.89. The monoisotopic (exact) mass is 233 g/mol. The van der Waals surface area contributed by atoms with Crippen molar-refractivity contribution in [1.29, 1.82) is 0 Å². The van der Waals surface area contributed by atoms with E-state index in [1.165, 1.54) is 32.1 Å². The molecule has 1 fully saturated rings. The highest BCUT2D eigenvalue weighted by Gasteiger charge is 2.13. The Balaban J connectivity index is 2.09. The first-order chi connectivity index (χ1) is 5.83. The second-order valence-corrected chi connectivity index (χ2v) is 4.00. The predicted octanol–water partition coefficient (Wildman–Crippen LogP) is 2.08. The molecule has 1 N–H and O–H groups in total. The Labute approximate surface area is 82.2 Å². The van der Waals surface area contributed by atoms with Crippen molar-refractivity contribution in [2.45, 2.75) is 32.1 Å². The molecule has 0 aromatic rings. The van der Waals surface area contributed by atoms with E-state index in [-0.39, 0.29) is 5.91 Å². The van der Waals surface area contributed by atoms with Gasteiger partial charge >= 0.3 is 0 Å². The van der Waals surface area contributed by atoms with Gasteiger partial charge in [-0.05, 0) is 18.8 Å². The van der Waals surface area contributed by atoms with E-state index in [1.807, 2.05) is 0 Å². The van der Waals surface area contributed by atoms with Gasteiger partial charge in [-0.15, -0.1) is 0 Å². The Kier molecular flexibility index (Phi) is 4.66. The fourth-order valence-electron chi connectivity index (χ4n) is 1.70. The quantitative estimate of drug-likeness (QED) is 0.744. The molecule has 0 aromatic heterocycles. The zero-order valence-electron chi connectivity index (χ0n) is 7.31. The number of carbonyl (C=O) groups excluding carboxylic acids is 1. The lowest BCUT2D eigenvalue weighted by molar-refractivity contribution is -0.118. The van der Waals surface area contributed by atoms with Crippen LogP contribution in [0.3, 0.4) is 0 Å². The van der Waals surface area contributed by atoms with E-state index >= 15 is 0 Å². The Bertz CT molecular complexity index is 143. The molecule has 3 heteroatoms. The van der Waals surface area contributed by atoms with Crippen LogP contribution < -0.4 is 5.32 Å². The summed E-state index contributed by atoms with van der Waals surface area (Å²) in [5.74, 6) is 0.849. The summed E-state index contributed by atoms with van der Waals surface area (Å²) >= 11 is 3.13. The fraction of sp³-hybridized carbons (Fsp3) is 0.889. The first kappa shape index (κ1) is 10.0. The summed E-state index contributed by atoms with van der Waals surface area (Å²) in [6, 6.07) is 0. The average molecular weight is 234 g/mol. The van der Waals surface area contributed by atoms with E-state index in [1.54, 1.807) is 0 Å². The van der Waals surface area contributed by atoms with Gasteiger partial charge in [0.25, 0.3) is 0 Å². The minimum Gasteiger partial charge on any atom is -0.355 e. The van der Waals surface area contributed by atoms with E-state index in [0.717, 1.165) is 12.5 Å². The van der Waals surface area contributed by atoms with Gasteiger partial charge < -0.3 is 5.32 Å². The van der Waals surface area contributed by atoms with Crippen LogP contribution in [0, 0.1) is 5.92 Å². The summed E-state index contributed by atoms with van der Waals surface area (Å²) in [5.41, 5.74) is 0. The van der Waals surface area contributed by atoms with Crippen LogP contribution in [0.25, 0.3) is 0 Å². The molecule has 0 heterocycles. The second-order valence-electron chi connectivity index (χ2n) is 3.44. The van der Waals surface area contributed by atoms with Gasteiger partial charge in [0, 0.05) is 6.54 Å². The number of halogens is 1. The topological polar surface area (TPSA) is 29.1 Å². The van der Waals surface area contributed by atoms with Crippen LogP contribution in [0.1, 0.15) is 32.1 Å². The molecule has 2 nitrogen and oxygen atoms in total. The number of rotatable bonds is 3. The van der Waals surface area contributed by atoms with Crippen molar-refractivity contribution in [3.05, 3.63) is 0 Å². The summed E-state index contributed by atoms with van der Waals surface area (Å²) < 4.78 is 0. The second kappa shape index (κ2) is 5.57. The van der Waals surface area contributed by atoms with E-state index in [9.17, 15) is 4.79 Å². The highest BCUT2D eigenvalue weighted by Crippen LogP contribution is 2.22. The average Bonchev–Trinajstić information content (AvgIpc) is 2.16. The molecular formula is C9H16BrNO. The van der Waals surface area contributed by atoms with Gasteiger partial charge in [0.1, 0.15) is 0 Å². The number of hydrogen-bond donors (Lipinski definition) is 1. The lowest BCUT2D eigenvalue weighted by Crippen LogP contribution is -2.30. The summed E-state index contributed by atoms with van der Waals surface area (Å²) in [5, 5.41) is 3.35. The zero-order chi connectivity index (χ0) is 8.81. The highest BCUT2D eigenvalue weighted by molar-refractivity contribution is 9.09. The molecule has 1 aliphatic carbocycles. The van der Waals surface area contributed by atoms with Gasteiger partial charge in [0.05, 0.1) is 5.33 Å². The Morgan fingerprint density at radius 2 is 2.00 bits per heavy atom. The van der Waals surface area contributed by atoms with Crippen molar-refractivity contribution in [3.8, 4) is 0 Å². The third-order valence-corrected chi connectivity index (χ3v) is 2.94. The third kappa shape index (κ3) is 3.57. The molecule has 0 unspecified atom stereocenters. The molecule has 1 rings (SSSR count). The Morgan fingerprint density at radius 1 is 1.33 bits per heavy atom. The maximum Gasteiger partial charge on any atom is 0.230 e. The molecule has 0 aliphatic heterocycles. The maximum absolute atomic E-state index is 10.9. The molecule has 0 radical (unpaired) electrons. The highest BCUT2D eigenvalue weighted by atomic mass is 79.9. The molecule has 1 amide bonds. The minimum absolute atomic E-state index is 0.112. The van der Waals surface area contributed by atoms with Gasteiger partial charge in [-0.2, -0.15) is 0 Å². The zero-order valence-corrected chi connectivity index (χ0v) is 8.90. The van der Waals surface area contributed by atoms with E-state index in [4.69, 9.17) is 0 Å². The third-order valence-electron chi connectivity index (χ3n) is 2.43. The van der Waals surface area contributed by atoms with Crippen molar-refractivity contribution in [1.82, 2.24) is 5.32 Å². The number of nitrogens with one attached hydrogen (secondary N) is 1. The molecule has 1 aliphatic rings.